The second-order valence-electron chi connectivity index (χ2n) is 6.23. The summed E-state index contributed by atoms with van der Waals surface area (Å²) in [6.45, 7) is 4.13. The second kappa shape index (κ2) is 9.71. The first-order valence-corrected chi connectivity index (χ1v) is 10.9. The lowest BCUT2D eigenvalue weighted by Crippen LogP contribution is -2.28. The van der Waals surface area contributed by atoms with Crippen molar-refractivity contribution >= 4 is 45.7 Å². The molecule has 146 valence electrons. The number of ether oxygens (including phenoxy) is 1. The van der Waals surface area contributed by atoms with Crippen molar-refractivity contribution in [3.05, 3.63) is 59.1 Å². The molecule has 0 saturated carbocycles. The summed E-state index contributed by atoms with van der Waals surface area (Å²) in [4.78, 5) is 28.3. The molecule has 1 atom stereocenters. The number of amides is 1. The molecule has 0 aliphatic carbocycles. The zero-order chi connectivity index (χ0) is 19.9. The molecule has 1 amide bonds. The molecule has 7 heteroatoms. The van der Waals surface area contributed by atoms with Crippen LogP contribution in [0.3, 0.4) is 0 Å². The molecular formula is C21H22N2O3S2. The van der Waals surface area contributed by atoms with Gasteiger partial charge in [-0.2, -0.15) is 0 Å². The highest BCUT2D eigenvalue weighted by molar-refractivity contribution is 8.01. The summed E-state index contributed by atoms with van der Waals surface area (Å²) >= 11 is 2.81. The first-order valence-electron chi connectivity index (χ1n) is 9.06. The van der Waals surface area contributed by atoms with E-state index in [4.69, 9.17) is 4.74 Å². The normalized spacial score (nSPS) is 11.9. The monoisotopic (exact) mass is 414 g/mol. The van der Waals surface area contributed by atoms with Gasteiger partial charge in [0.05, 0.1) is 30.5 Å². The van der Waals surface area contributed by atoms with Crippen molar-refractivity contribution in [2.45, 2.75) is 30.6 Å². The van der Waals surface area contributed by atoms with E-state index < -0.39 is 0 Å². The van der Waals surface area contributed by atoms with Gasteiger partial charge in [-0.25, -0.2) is 4.98 Å². The minimum atomic E-state index is -0.286. The third-order valence-electron chi connectivity index (χ3n) is 4.16. The van der Waals surface area contributed by atoms with E-state index in [0.29, 0.717) is 12.3 Å². The fourth-order valence-electron chi connectivity index (χ4n) is 2.91. The van der Waals surface area contributed by atoms with Crippen molar-refractivity contribution in [1.29, 1.82) is 0 Å². The van der Waals surface area contributed by atoms with Gasteiger partial charge in [0.2, 0.25) is 5.91 Å². The van der Waals surface area contributed by atoms with Crippen LogP contribution in [-0.2, 0) is 20.7 Å². The summed E-state index contributed by atoms with van der Waals surface area (Å²) in [5.41, 5.74) is 1.78. The van der Waals surface area contributed by atoms with Gasteiger partial charge in [-0.3, -0.25) is 9.59 Å². The Kier molecular flexibility index (Phi) is 7.06. The van der Waals surface area contributed by atoms with Crippen LogP contribution in [0.25, 0.3) is 10.8 Å². The van der Waals surface area contributed by atoms with Gasteiger partial charge in [0.15, 0.2) is 4.34 Å². The molecule has 1 heterocycles. The highest BCUT2D eigenvalue weighted by Gasteiger charge is 2.14. The Morgan fingerprint density at radius 3 is 2.82 bits per heavy atom. The first kappa shape index (κ1) is 20.4. The van der Waals surface area contributed by atoms with Crippen molar-refractivity contribution in [3.63, 3.8) is 0 Å². The first-order chi connectivity index (χ1) is 13.6. The summed E-state index contributed by atoms with van der Waals surface area (Å²) in [5, 5.41) is 7.19. The van der Waals surface area contributed by atoms with Crippen molar-refractivity contribution in [1.82, 2.24) is 10.3 Å². The van der Waals surface area contributed by atoms with E-state index in [0.717, 1.165) is 20.7 Å². The van der Waals surface area contributed by atoms with E-state index in [1.54, 1.807) is 6.92 Å². The Balaban J connectivity index is 1.54. The number of esters is 1. The van der Waals surface area contributed by atoms with Gasteiger partial charge in [-0.15, -0.1) is 11.3 Å². The predicted octanol–water partition coefficient (Wildman–Crippen LogP) is 4.37. The quantitative estimate of drug-likeness (QED) is 0.438. The van der Waals surface area contributed by atoms with E-state index in [2.05, 4.69) is 28.5 Å². The molecule has 0 radical (unpaired) electrons. The summed E-state index contributed by atoms with van der Waals surface area (Å²) in [6.07, 6.45) is 0.162. The van der Waals surface area contributed by atoms with Crippen LogP contribution >= 0.6 is 23.1 Å². The van der Waals surface area contributed by atoms with Gasteiger partial charge in [-0.1, -0.05) is 54.2 Å². The molecule has 1 aromatic heterocycles. The van der Waals surface area contributed by atoms with Crippen LogP contribution < -0.4 is 5.32 Å². The third-order valence-corrected chi connectivity index (χ3v) is 6.23. The Hall–Kier alpha value is -2.38. The maximum Gasteiger partial charge on any atom is 0.311 e. The predicted molar refractivity (Wildman–Crippen MR) is 114 cm³/mol. The molecule has 0 saturated heterocycles. The number of fused-ring (bicyclic) bond motifs is 1. The Bertz CT molecular complexity index is 966. The maximum absolute atomic E-state index is 12.4. The topological polar surface area (TPSA) is 68.3 Å². The molecule has 28 heavy (non-hydrogen) atoms. The molecule has 0 aliphatic heterocycles. The summed E-state index contributed by atoms with van der Waals surface area (Å²) in [7, 11) is 0. The fourth-order valence-corrected chi connectivity index (χ4v) is 4.57. The number of hydrogen-bond donors (Lipinski definition) is 1. The molecule has 0 unspecified atom stereocenters. The smallest absolute Gasteiger partial charge is 0.311 e. The Morgan fingerprint density at radius 2 is 2.00 bits per heavy atom. The highest BCUT2D eigenvalue weighted by atomic mass is 32.2. The van der Waals surface area contributed by atoms with Crippen LogP contribution in [0.15, 0.2) is 52.2 Å². The average molecular weight is 415 g/mol. The van der Waals surface area contributed by atoms with Gasteiger partial charge in [0.1, 0.15) is 0 Å². The van der Waals surface area contributed by atoms with Gasteiger partial charge >= 0.3 is 5.97 Å². The number of hydrogen-bond acceptors (Lipinski definition) is 6. The number of aromatic nitrogens is 1. The third kappa shape index (κ3) is 5.33. The number of thioether (sulfide) groups is 1. The zero-order valence-electron chi connectivity index (χ0n) is 15.8. The van der Waals surface area contributed by atoms with Crippen LogP contribution in [-0.4, -0.2) is 29.2 Å². The van der Waals surface area contributed by atoms with E-state index in [9.17, 15) is 9.59 Å². The molecule has 0 aliphatic rings. The summed E-state index contributed by atoms with van der Waals surface area (Å²) in [5.74, 6) is -0.0554. The van der Waals surface area contributed by atoms with Gasteiger partial charge < -0.3 is 10.1 Å². The van der Waals surface area contributed by atoms with Crippen LogP contribution in [0.4, 0.5) is 0 Å². The van der Waals surface area contributed by atoms with E-state index in [1.165, 1.54) is 23.1 Å². The number of thiazole rings is 1. The number of carbonyl (C=O) groups is 2. The van der Waals surface area contributed by atoms with Crippen molar-refractivity contribution in [3.8, 4) is 0 Å². The van der Waals surface area contributed by atoms with E-state index >= 15 is 0 Å². The Morgan fingerprint density at radius 1 is 1.21 bits per heavy atom. The number of carbonyl (C=O) groups excluding carboxylic acids is 2. The molecule has 0 bridgehead atoms. The van der Waals surface area contributed by atoms with Crippen LogP contribution in [0.5, 0.6) is 0 Å². The van der Waals surface area contributed by atoms with E-state index in [1.807, 2.05) is 36.6 Å². The highest BCUT2D eigenvalue weighted by Crippen LogP contribution is 2.25. The average Bonchev–Trinajstić information content (AvgIpc) is 3.13. The fraction of sp³-hybridized carbons (Fsp3) is 0.286. The number of rotatable bonds is 8. The molecule has 1 N–H and O–H groups in total. The lowest BCUT2D eigenvalue weighted by Gasteiger charge is -2.16. The van der Waals surface area contributed by atoms with Crippen molar-refractivity contribution < 1.29 is 14.3 Å². The molecule has 3 rings (SSSR count). The lowest BCUT2D eigenvalue weighted by atomic mass is 10.00. The van der Waals surface area contributed by atoms with Crippen LogP contribution in [0.2, 0.25) is 0 Å². The molecule has 2 aromatic carbocycles. The van der Waals surface area contributed by atoms with E-state index in [-0.39, 0.29) is 30.1 Å². The minimum Gasteiger partial charge on any atom is -0.466 e. The summed E-state index contributed by atoms with van der Waals surface area (Å²) < 4.78 is 5.69. The molecular weight excluding hydrogens is 392 g/mol. The molecule has 0 spiro atoms. The molecule has 3 aromatic rings. The number of nitrogens with one attached hydrogen (secondary N) is 1. The van der Waals surface area contributed by atoms with Crippen LogP contribution in [0, 0.1) is 0 Å². The molecule has 0 fully saturated rings. The van der Waals surface area contributed by atoms with Crippen LogP contribution in [0.1, 0.15) is 31.1 Å². The van der Waals surface area contributed by atoms with Gasteiger partial charge in [0.25, 0.3) is 0 Å². The molecule has 5 nitrogen and oxygen atoms in total. The minimum absolute atomic E-state index is 0.0485. The van der Waals surface area contributed by atoms with Gasteiger partial charge in [-0.05, 0) is 30.2 Å². The Labute approximate surface area is 172 Å². The van der Waals surface area contributed by atoms with Gasteiger partial charge in [0, 0.05) is 5.38 Å². The van der Waals surface area contributed by atoms with Crippen molar-refractivity contribution in [2.75, 3.05) is 12.4 Å². The number of benzene rings is 2. The lowest BCUT2D eigenvalue weighted by molar-refractivity contribution is -0.142. The maximum atomic E-state index is 12.4. The van der Waals surface area contributed by atoms with Crippen molar-refractivity contribution in [2.24, 2.45) is 0 Å². The zero-order valence-corrected chi connectivity index (χ0v) is 17.4. The largest absolute Gasteiger partial charge is 0.466 e. The second-order valence-corrected chi connectivity index (χ2v) is 8.31. The number of nitrogens with zero attached hydrogens (tertiary/aromatic N) is 1. The SMILES string of the molecule is CCOC(=O)Cc1csc(SCC(=O)N[C@H](C)c2cccc3ccccc23)n1. The standard InChI is InChI=1S/C21H22N2O3S2/c1-3-26-20(25)11-16-12-27-21(23-16)28-13-19(24)22-14(2)17-10-6-8-15-7-4-5-9-18(15)17/h4-10,12,14H,3,11,13H2,1-2H3,(H,22,24)/t14-/m1/s1. The summed E-state index contributed by atoms with van der Waals surface area (Å²) in [6, 6.07) is 14.2.